The van der Waals surface area contributed by atoms with E-state index >= 15 is 0 Å². The molecule has 0 saturated carbocycles. The van der Waals surface area contributed by atoms with Crippen LogP contribution in [-0.4, -0.2) is 50.5 Å². The molecule has 7 heteroatoms. The maximum atomic E-state index is 12.0. The lowest BCUT2D eigenvalue weighted by atomic mass is 10.3. The molecule has 0 atom stereocenters. The van der Waals surface area contributed by atoms with Crippen molar-refractivity contribution < 1.29 is 14.3 Å². The normalized spacial score (nSPS) is 10.4. The van der Waals surface area contributed by atoms with Gasteiger partial charge in [0, 0.05) is 11.6 Å². The van der Waals surface area contributed by atoms with E-state index in [9.17, 15) is 9.59 Å². The Kier molecular flexibility index (Phi) is 7.70. The highest BCUT2D eigenvalue weighted by Gasteiger charge is 2.12. The summed E-state index contributed by atoms with van der Waals surface area (Å²) in [7, 11) is 3.23. The second-order valence-corrected chi connectivity index (χ2v) is 5.35. The van der Waals surface area contributed by atoms with E-state index in [1.165, 1.54) is 7.11 Å². The zero-order valence-electron chi connectivity index (χ0n) is 13.1. The van der Waals surface area contributed by atoms with Crippen LogP contribution in [0.1, 0.15) is 13.3 Å². The molecule has 2 amide bonds. The number of hydrogen-bond donors (Lipinski definition) is 2. The SMILES string of the molecule is CCCNC(=O)CN(C)CC(=O)Nc1cc(Cl)ccc1OC. The number of benzene rings is 1. The fourth-order valence-corrected chi connectivity index (χ4v) is 2.01. The molecule has 0 saturated heterocycles. The molecule has 1 aromatic carbocycles. The van der Waals surface area contributed by atoms with Gasteiger partial charge < -0.3 is 15.4 Å². The first-order valence-electron chi connectivity index (χ1n) is 7.05. The van der Waals surface area contributed by atoms with Crippen LogP contribution in [-0.2, 0) is 9.59 Å². The number of ether oxygens (including phenoxy) is 1. The van der Waals surface area contributed by atoms with Crippen molar-refractivity contribution in [3.05, 3.63) is 23.2 Å². The number of rotatable bonds is 8. The smallest absolute Gasteiger partial charge is 0.238 e. The molecule has 6 nitrogen and oxygen atoms in total. The lowest BCUT2D eigenvalue weighted by Gasteiger charge is -2.16. The first kappa shape index (κ1) is 18.3. The standard InChI is InChI=1S/C15H22ClN3O3/c1-4-7-17-14(20)9-19(2)10-15(21)18-12-8-11(16)5-6-13(12)22-3/h5-6,8H,4,7,9-10H2,1-3H3,(H,17,20)(H,18,21). The number of anilines is 1. The molecular formula is C15H22ClN3O3. The molecule has 0 aliphatic rings. The Hall–Kier alpha value is -1.79. The van der Waals surface area contributed by atoms with Crippen molar-refractivity contribution in [3.8, 4) is 5.75 Å². The molecule has 0 aliphatic heterocycles. The summed E-state index contributed by atoms with van der Waals surface area (Å²) >= 11 is 5.91. The van der Waals surface area contributed by atoms with Crippen molar-refractivity contribution in [2.45, 2.75) is 13.3 Å². The molecule has 0 bridgehead atoms. The lowest BCUT2D eigenvalue weighted by Crippen LogP contribution is -2.39. The lowest BCUT2D eigenvalue weighted by molar-refractivity contribution is -0.122. The summed E-state index contributed by atoms with van der Waals surface area (Å²) in [5, 5.41) is 5.99. The van der Waals surface area contributed by atoms with Gasteiger partial charge in [0.05, 0.1) is 25.9 Å². The highest BCUT2D eigenvalue weighted by Crippen LogP contribution is 2.27. The molecule has 122 valence electrons. The van der Waals surface area contributed by atoms with Crippen LogP contribution in [0.5, 0.6) is 5.75 Å². The number of hydrogen-bond acceptors (Lipinski definition) is 4. The Morgan fingerprint density at radius 3 is 2.59 bits per heavy atom. The van der Waals surface area contributed by atoms with Crippen LogP contribution in [0.2, 0.25) is 5.02 Å². The summed E-state index contributed by atoms with van der Waals surface area (Å²) in [4.78, 5) is 25.2. The molecule has 0 unspecified atom stereocenters. The van der Waals surface area contributed by atoms with Crippen LogP contribution in [0, 0.1) is 0 Å². The third-order valence-corrected chi connectivity index (χ3v) is 3.07. The van der Waals surface area contributed by atoms with Gasteiger partial charge in [-0.15, -0.1) is 0 Å². The molecule has 1 rings (SSSR count). The van der Waals surface area contributed by atoms with Crippen molar-refractivity contribution in [2.75, 3.05) is 39.1 Å². The molecule has 0 radical (unpaired) electrons. The molecular weight excluding hydrogens is 306 g/mol. The quantitative estimate of drug-likeness (QED) is 0.763. The maximum absolute atomic E-state index is 12.0. The topological polar surface area (TPSA) is 70.7 Å². The van der Waals surface area contributed by atoms with Crippen molar-refractivity contribution in [1.82, 2.24) is 10.2 Å². The van der Waals surface area contributed by atoms with Gasteiger partial charge in [0.1, 0.15) is 5.75 Å². The molecule has 0 heterocycles. The van der Waals surface area contributed by atoms with Crippen LogP contribution < -0.4 is 15.4 Å². The molecule has 0 aromatic heterocycles. The van der Waals surface area contributed by atoms with Crippen LogP contribution in [0.15, 0.2) is 18.2 Å². The van der Waals surface area contributed by atoms with Crippen molar-refractivity contribution in [2.24, 2.45) is 0 Å². The minimum Gasteiger partial charge on any atom is -0.495 e. The predicted molar refractivity (Wildman–Crippen MR) is 87.4 cm³/mol. The van der Waals surface area contributed by atoms with Crippen LogP contribution in [0.4, 0.5) is 5.69 Å². The molecule has 0 fully saturated rings. The van der Waals surface area contributed by atoms with Gasteiger partial charge in [-0.05, 0) is 31.7 Å². The fraction of sp³-hybridized carbons (Fsp3) is 0.467. The van der Waals surface area contributed by atoms with Gasteiger partial charge in [0.25, 0.3) is 0 Å². The van der Waals surface area contributed by atoms with Crippen molar-refractivity contribution in [1.29, 1.82) is 0 Å². The number of carbonyl (C=O) groups excluding carboxylic acids is 2. The van der Waals surface area contributed by atoms with E-state index in [-0.39, 0.29) is 24.9 Å². The summed E-state index contributed by atoms with van der Waals surface area (Å²) in [6, 6.07) is 4.98. The second kappa shape index (κ2) is 9.27. The van der Waals surface area contributed by atoms with Gasteiger partial charge >= 0.3 is 0 Å². The highest BCUT2D eigenvalue weighted by atomic mass is 35.5. The molecule has 22 heavy (non-hydrogen) atoms. The van der Waals surface area contributed by atoms with E-state index in [1.807, 2.05) is 6.92 Å². The fourth-order valence-electron chi connectivity index (χ4n) is 1.83. The molecule has 0 spiro atoms. The number of nitrogens with zero attached hydrogens (tertiary/aromatic N) is 1. The van der Waals surface area contributed by atoms with Crippen LogP contribution in [0.25, 0.3) is 0 Å². The van der Waals surface area contributed by atoms with E-state index in [1.54, 1.807) is 30.1 Å². The number of halogens is 1. The number of likely N-dealkylation sites (N-methyl/N-ethyl adjacent to an activating group) is 1. The Balaban J connectivity index is 2.52. The number of methoxy groups -OCH3 is 1. The monoisotopic (exact) mass is 327 g/mol. The van der Waals surface area contributed by atoms with Crippen LogP contribution in [0.3, 0.4) is 0 Å². The van der Waals surface area contributed by atoms with Crippen LogP contribution >= 0.6 is 11.6 Å². The minimum absolute atomic E-state index is 0.0925. The summed E-state index contributed by atoms with van der Waals surface area (Å²) in [6.07, 6.45) is 0.879. The average Bonchev–Trinajstić information content (AvgIpc) is 2.45. The maximum Gasteiger partial charge on any atom is 0.238 e. The zero-order chi connectivity index (χ0) is 16.5. The summed E-state index contributed by atoms with van der Waals surface area (Å²) in [5.41, 5.74) is 0.504. The molecule has 2 N–H and O–H groups in total. The average molecular weight is 328 g/mol. The third kappa shape index (κ3) is 6.32. The summed E-state index contributed by atoms with van der Waals surface area (Å²) < 4.78 is 5.16. The van der Waals surface area contributed by atoms with Gasteiger partial charge in [-0.25, -0.2) is 0 Å². The van der Waals surface area contributed by atoms with Crippen molar-refractivity contribution >= 4 is 29.1 Å². The number of nitrogens with one attached hydrogen (secondary N) is 2. The predicted octanol–water partition coefficient (Wildman–Crippen LogP) is 1.75. The Morgan fingerprint density at radius 2 is 1.95 bits per heavy atom. The first-order valence-corrected chi connectivity index (χ1v) is 7.42. The first-order chi connectivity index (χ1) is 10.5. The van der Waals surface area contributed by atoms with Gasteiger partial charge in [-0.2, -0.15) is 0 Å². The zero-order valence-corrected chi connectivity index (χ0v) is 13.9. The van der Waals surface area contributed by atoms with Gasteiger partial charge in [0.2, 0.25) is 11.8 Å². The highest BCUT2D eigenvalue weighted by molar-refractivity contribution is 6.31. The van der Waals surface area contributed by atoms with E-state index < -0.39 is 0 Å². The third-order valence-electron chi connectivity index (χ3n) is 2.83. The Bertz CT molecular complexity index is 523. The summed E-state index contributed by atoms with van der Waals surface area (Å²) in [5.74, 6) is 0.185. The molecule has 0 aliphatic carbocycles. The number of amides is 2. The Labute approximate surface area is 135 Å². The van der Waals surface area contributed by atoms with E-state index in [2.05, 4.69) is 10.6 Å². The van der Waals surface area contributed by atoms with Crippen molar-refractivity contribution in [3.63, 3.8) is 0 Å². The second-order valence-electron chi connectivity index (χ2n) is 4.92. The Morgan fingerprint density at radius 1 is 1.27 bits per heavy atom. The summed E-state index contributed by atoms with van der Waals surface area (Å²) in [6.45, 7) is 2.88. The molecule has 1 aromatic rings. The largest absolute Gasteiger partial charge is 0.495 e. The minimum atomic E-state index is -0.244. The number of carbonyl (C=O) groups is 2. The van der Waals surface area contributed by atoms with E-state index in [0.717, 1.165) is 6.42 Å². The van der Waals surface area contributed by atoms with Gasteiger partial charge in [0.15, 0.2) is 0 Å². The van der Waals surface area contributed by atoms with E-state index in [0.29, 0.717) is 23.0 Å². The van der Waals surface area contributed by atoms with E-state index in [4.69, 9.17) is 16.3 Å². The van der Waals surface area contributed by atoms with Gasteiger partial charge in [-0.3, -0.25) is 14.5 Å². The van der Waals surface area contributed by atoms with Gasteiger partial charge in [-0.1, -0.05) is 18.5 Å².